The van der Waals surface area contributed by atoms with E-state index in [1.807, 2.05) is 20.9 Å². The zero-order valence-electron chi connectivity index (χ0n) is 10.0. The van der Waals surface area contributed by atoms with Crippen LogP contribution in [0.5, 0.6) is 0 Å². The second-order valence-corrected chi connectivity index (χ2v) is 5.49. The van der Waals surface area contributed by atoms with Gasteiger partial charge in [-0.15, -0.1) is 0 Å². The average molecular weight is 234 g/mol. The van der Waals surface area contributed by atoms with Crippen molar-refractivity contribution in [3.63, 3.8) is 0 Å². The van der Waals surface area contributed by atoms with E-state index in [-0.39, 0.29) is 17.9 Å². The average Bonchev–Trinajstić information content (AvgIpc) is 2.15. The summed E-state index contributed by atoms with van der Waals surface area (Å²) in [5.74, 6) is 0.672. The topological polar surface area (TPSA) is 58.2 Å². The first-order valence-electron chi connectivity index (χ1n) is 5.22. The van der Waals surface area contributed by atoms with Crippen molar-refractivity contribution in [3.05, 3.63) is 0 Å². The first-order valence-corrected chi connectivity index (χ1v) is 6.95. The van der Waals surface area contributed by atoms with Crippen LogP contribution in [0, 0.1) is 5.92 Å². The number of rotatable bonds is 7. The van der Waals surface area contributed by atoms with E-state index in [1.165, 1.54) is 0 Å². The molecule has 3 atom stereocenters. The molecular formula is C10H22N2O2S. The number of carbonyl (C=O) groups excluding carboxylic acids is 1. The van der Waals surface area contributed by atoms with Gasteiger partial charge in [0.25, 0.3) is 0 Å². The molecule has 15 heavy (non-hydrogen) atoms. The minimum absolute atomic E-state index is 0.0235. The zero-order chi connectivity index (χ0) is 11.8. The summed E-state index contributed by atoms with van der Waals surface area (Å²) in [6.07, 6.45) is 2.44. The third kappa shape index (κ3) is 7.50. The minimum Gasteiger partial charge on any atom is -0.353 e. The Hall–Kier alpha value is -0.420. The SMILES string of the molecule is CNCC(C)C(=O)NC(C)CCS(C)=O. The number of hydrogen-bond donors (Lipinski definition) is 2. The largest absolute Gasteiger partial charge is 0.353 e. The Kier molecular flexibility index (Phi) is 7.60. The quantitative estimate of drug-likeness (QED) is 0.657. The predicted octanol–water partition coefficient (Wildman–Crippen LogP) is 0.115. The van der Waals surface area contributed by atoms with Crippen molar-refractivity contribution in [1.82, 2.24) is 10.6 Å². The van der Waals surface area contributed by atoms with Gasteiger partial charge >= 0.3 is 0 Å². The molecule has 0 fully saturated rings. The fourth-order valence-electron chi connectivity index (χ4n) is 1.20. The van der Waals surface area contributed by atoms with Gasteiger partial charge in [-0.3, -0.25) is 9.00 Å². The molecule has 0 aliphatic rings. The predicted molar refractivity (Wildman–Crippen MR) is 64.2 cm³/mol. The number of amides is 1. The van der Waals surface area contributed by atoms with Crippen LogP contribution in [0.15, 0.2) is 0 Å². The highest BCUT2D eigenvalue weighted by Gasteiger charge is 2.14. The molecule has 0 aliphatic carbocycles. The second kappa shape index (κ2) is 7.82. The van der Waals surface area contributed by atoms with Crippen LogP contribution >= 0.6 is 0 Å². The molecule has 0 saturated heterocycles. The van der Waals surface area contributed by atoms with Gasteiger partial charge in [-0.2, -0.15) is 0 Å². The van der Waals surface area contributed by atoms with Crippen molar-refractivity contribution < 1.29 is 9.00 Å². The van der Waals surface area contributed by atoms with Gasteiger partial charge in [-0.25, -0.2) is 0 Å². The number of carbonyl (C=O) groups is 1. The van der Waals surface area contributed by atoms with E-state index in [4.69, 9.17) is 0 Å². The summed E-state index contributed by atoms with van der Waals surface area (Å²) in [4.78, 5) is 11.6. The lowest BCUT2D eigenvalue weighted by Gasteiger charge is -2.16. The molecule has 0 rings (SSSR count). The van der Waals surface area contributed by atoms with E-state index in [2.05, 4.69) is 10.6 Å². The van der Waals surface area contributed by atoms with Gasteiger partial charge in [-0.1, -0.05) is 6.92 Å². The highest BCUT2D eigenvalue weighted by atomic mass is 32.2. The van der Waals surface area contributed by atoms with Gasteiger partial charge in [0.1, 0.15) is 0 Å². The molecule has 0 radical (unpaired) electrons. The Bertz CT molecular complexity index is 221. The maximum atomic E-state index is 11.6. The molecule has 0 spiro atoms. The van der Waals surface area contributed by atoms with Crippen molar-refractivity contribution in [2.75, 3.05) is 25.6 Å². The molecule has 1 amide bonds. The van der Waals surface area contributed by atoms with Crippen LogP contribution in [-0.4, -0.2) is 41.8 Å². The molecule has 0 aromatic rings. The van der Waals surface area contributed by atoms with Crippen LogP contribution in [0.3, 0.4) is 0 Å². The molecular weight excluding hydrogens is 212 g/mol. The minimum atomic E-state index is -0.779. The fourth-order valence-corrected chi connectivity index (χ4v) is 1.88. The Morgan fingerprint density at radius 1 is 1.40 bits per heavy atom. The normalized spacial score (nSPS) is 16.8. The summed E-state index contributed by atoms with van der Waals surface area (Å²) in [5, 5.41) is 5.87. The number of nitrogens with one attached hydrogen (secondary N) is 2. The summed E-state index contributed by atoms with van der Waals surface area (Å²) in [5.41, 5.74) is 0. The standard InChI is InChI=1S/C10H22N2O2S/c1-8(7-11-3)10(13)12-9(2)5-6-15(4)14/h8-9,11H,5-7H2,1-4H3,(H,12,13). The Morgan fingerprint density at radius 3 is 2.47 bits per heavy atom. The molecule has 0 heterocycles. The van der Waals surface area contributed by atoms with Crippen molar-refractivity contribution in [2.24, 2.45) is 5.92 Å². The molecule has 0 saturated carbocycles. The summed E-state index contributed by atoms with van der Waals surface area (Å²) in [6, 6.07) is 0.0979. The fraction of sp³-hybridized carbons (Fsp3) is 0.900. The lowest BCUT2D eigenvalue weighted by atomic mass is 10.1. The molecule has 90 valence electrons. The van der Waals surface area contributed by atoms with Crippen LogP contribution in [0.1, 0.15) is 20.3 Å². The van der Waals surface area contributed by atoms with Crippen molar-refractivity contribution >= 4 is 16.7 Å². The van der Waals surface area contributed by atoms with E-state index >= 15 is 0 Å². The van der Waals surface area contributed by atoms with Crippen LogP contribution in [-0.2, 0) is 15.6 Å². The lowest BCUT2D eigenvalue weighted by molar-refractivity contribution is -0.124. The third-order valence-electron chi connectivity index (χ3n) is 2.18. The highest BCUT2D eigenvalue weighted by molar-refractivity contribution is 7.84. The Labute approximate surface area is 94.7 Å². The lowest BCUT2D eigenvalue weighted by Crippen LogP contribution is -2.39. The summed E-state index contributed by atoms with van der Waals surface area (Å²) >= 11 is 0. The first kappa shape index (κ1) is 14.6. The molecule has 0 aromatic carbocycles. The summed E-state index contributed by atoms with van der Waals surface area (Å²) in [7, 11) is 1.05. The zero-order valence-corrected chi connectivity index (χ0v) is 10.8. The Morgan fingerprint density at radius 2 is 2.00 bits per heavy atom. The monoisotopic (exact) mass is 234 g/mol. The van der Waals surface area contributed by atoms with E-state index in [0.29, 0.717) is 12.3 Å². The molecule has 0 aliphatic heterocycles. The van der Waals surface area contributed by atoms with Gasteiger partial charge in [0, 0.05) is 41.3 Å². The van der Waals surface area contributed by atoms with E-state index < -0.39 is 10.8 Å². The summed E-state index contributed by atoms with van der Waals surface area (Å²) < 4.78 is 10.9. The van der Waals surface area contributed by atoms with E-state index in [0.717, 1.165) is 6.42 Å². The van der Waals surface area contributed by atoms with Gasteiger partial charge in [0.2, 0.25) is 5.91 Å². The molecule has 2 N–H and O–H groups in total. The molecule has 0 bridgehead atoms. The smallest absolute Gasteiger partial charge is 0.224 e. The maximum absolute atomic E-state index is 11.6. The van der Waals surface area contributed by atoms with Crippen LogP contribution in [0.4, 0.5) is 0 Å². The van der Waals surface area contributed by atoms with Crippen molar-refractivity contribution in [1.29, 1.82) is 0 Å². The van der Waals surface area contributed by atoms with Gasteiger partial charge in [0.15, 0.2) is 0 Å². The Balaban J connectivity index is 3.79. The molecule has 5 heteroatoms. The first-order chi connectivity index (χ1) is 6.97. The van der Waals surface area contributed by atoms with Crippen LogP contribution < -0.4 is 10.6 Å². The molecule has 3 unspecified atom stereocenters. The maximum Gasteiger partial charge on any atom is 0.224 e. The van der Waals surface area contributed by atoms with E-state index in [9.17, 15) is 9.00 Å². The summed E-state index contributed by atoms with van der Waals surface area (Å²) in [6.45, 7) is 4.51. The van der Waals surface area contributed by atoms with Crippen LogP contribution in [0.2, 0.25) is 0 Å². The van der Waals surface area contributed by atoms with Crippen LogP contribution in [0.25, 0.3) is 0 Å². The number of hydrogen-bond acceptors (Lipinski definition) is 3. The second-order valence-electron chi connectivity index (χ2n) is 3.93. The third-order valence-corrected chi connectivity index (χ3v) is 3.00. The van der Waals surface area contributed by atoms with Crippen molar-refractivity contribution in [2.45, 2.75) is 26.3 Å². The van der Waals surface area contributed by atoms with Gasteiger partial charge < -0.3 is 10.6 Å². The van der Waals surface area contributed by atoms with Gasteiger partial charge in [-0.05, 0) is 20.4 Å². The molecule has 0 aromatic heterocycles. The molecule has 4 nitrogen and oxygen atoms in total. The highest BCUT2D eigenvalue weighted by Crippen LogP contribution is 1.97. The van der Waals surface area contributed by atoms with Crippen molar-refractivity contribution in [3.8, 4) is 0 Å². The van der Waals surface area contributed by atoms with Gasteiger partial charge in [0.05, 0.1) is 0 Å². The van der Waals surface area contributed by atoms with E-state index in [1.54, 1.807) is 6.26 Å².